The van der Waals surface area contributed by atoms with Gasteiger partial charge in [0.05, 0.1) is 12.6 Å². The first-order valence-corrected chi connectivity index (χ1v) is 10.4. The minimum Gasteiger partial charge on any atom is -0.444 e. The van der Waals surface area contributed by atoms with Gasteiger partial charge >= 0.3 is 6.09 Å². The molecule has 124 valence electrons. The molecule has 0 rings (SSSR count). The van der Waals surface area contributed by atoms with Gasteiger partial charge in [-0.05, 0) is 45.3 Å². The van der Waals surface area contributed by atoms with Crippen molar-refractivity contribution < 1.29 is 14.0 Å². The summed E-state index contributed by atoms with van der Waals surface area (Å²) in [6, 6.07) is -0.105. The van der Waals surface area contributed by atoms with Gasteiger partial charge in [0, 0.05) is 0 Å². The second-order valence-electron chi connectivity index (χ2n) is 7.94. The summed E-state index contributed by atoms with van der Waals surface area (Å²) in [7, 11) is -1.82. The first kappa shape index (κ1) is 20.2. The lowest BCUT2D eigenvalue weighted by Gasteiger charge is -2.37. The van der Waals surface area contributed by atoms with E-state index in [2.05, 4.69) is 45.8 Å². The Morgan fingerprint density at radius 3 is 2.14 bits per heavy atom. The lowest BCUT2D eigenvalue weighted by molar-refractivity contribution is 0.0486. The fourth-order valence-corrected chi connectivity index (χ4v) is 2.42. The molecule has 1 amide bonds. The van der Waals surface area contributed by atoms with Crippen LogP contribution in [0, 0.1) is 0 Å². The molecule has 0 saturated carbocycles. The molecule has 0 aromatic heterocycles. The Balaban J connectivity index is 4.58. The number of amides is 1. The molecule has 0 spiro atoms. The number of hydrogen-bond donors (Lipinski definition) is 1. The number of carbonyl (C=O) groups excluding carboxylic acids is 1. The molecule has 0 aliphatic heterocycles. The topological polar surface area (TPSA) is 47.6 Å². The van der Waals surface area contributed by atoms with Gasteiger partial charge in [-0.3, -0.25) is 0 Å². The fourth-order valence-electron chi connectivity index (χ4n) is 1.37. The molecule has 0 aliphatic carbocycles. The largest absolute Gasteiger partial charge is 0.444 e. The van der Waals surface area contributed by atoms with Gasteiger partial charge in [-0.2, -0.15) is 0 Å². The third-order valence-corrected chi connectivity index (χ3v) is 8.12. The van der Waals surface area contributed by atoms with Crippen LogP contribution in [-0.4, -0.2) is 32.7 Å². The molecule has 5 heteroatoms. The van der Waals surface area contributed by atoms with Gasteiger partial charge in [-0.1, -0.05) is 26.8 Å². The average molecular weight is 316 g/mol. The molecule has 1 N–H and O–H groups in total. The summed E-state index contributed by atoms with van der Waals surface area (Å²) in [5.74, 6) is 0. The average Bonchev–Trinajstić information content (AvgIpc) is 2.22. The van der Waals surface area contributed by atoms with Crippen molar-refractivity contribution in [2.45, 2.75) is 77.7 Å². The van der Waals surface area contributed by atoms with Crippen molar-refractivity contribution in [2.75, 3.05) is 6.61 Å². The summed E-state index contributed by atoms with van der Waals surface area (Å²) >= 11 is 0. The lowest BCUT2D eigenvalue weighted by atomic mass is 10.2. The van der Waals surface area contributed by atoms with E-state index in [1.54, 1.807) is 6.08 Å². The maximum atomic E-state index is 11.9. The predicted octanol–water partition coefficient (Wildman–Crippen LogP) is 4.48. The highest BCUT2D eigenvalue weighted by molar-refractivity contribution is 6.74. The summed E-state index contributed by atoms with van der Waals surface area (Å²) in [5.41, 5.74) is -0.497. The Labute approximate surface area is 131 Å². The summed E-state index contributed by atoms with van der Waals surface area (Å²) in [4.78, 5) is 11.9. The van der Waals surface area contributed by atoms with Crippen LogP contribution in [0.25, 0.3) is 0 Å². The maximum absolute atomic E-state index is 11.9. The number of rotatable bonds is 6. The molecular weight excluding hydrogens is 282 g/mol. The molecule has 1 atom stereocenters. The third-order valence-electron chi connectivity index (χ3n) is 3.62. The van der Waals surface area contributed by atoms with Gasteiger partial charge in [0.2, 0.25) is 0 Å². The zero-order valence-corrected chi connectivity index (χ0v) is 16.0. The number of alkyl carbamates (subject to hydrolysis) is 1. The van der Waals surface area contributed by atoms with Gasteiger partial charge in [0.1, 0.15) is 5.60 Å². The van der Waals surface area contributed by atoms with Gasteiger partial charge in [0.25, 0.3) is 0 Å². The molecule has 0 radical (unpaired) electrons. The van der Waals surface area contributed by atoms with E-state index in [4.69, 9.17) is 9.16 Å². The maximum Gasteiger partial charge on any atom is 0.407 e. The summed E-state index contributed by atoms with van der Waals surface area (Å²) in [6.07, 6.45) is 2.04. The van der Waals surface area contributed by atoms with Crippen LogP contribution in [0.5, 0.6) is 0 Å². The van der Waals surface area contributed by atoms with Crippen molar-refractivity contribution in [2.24, 2.45) is 0 Å². The Morgan fingerprint density at radius 1 is 1.24 bits per heavy atom. The van der Waals surface area contributed by atoms with Crippen molar-refractivity contribution in [3.63, 3.8) is 0 Å². The highest BCUT2D eigenvalue weighted by atomic mass is 28.4. The number of ether oxygens (including phenoxy) is 1. The number of nitrogens with one attached hydrogen (secondary N) is 1. The fraction of sp³-hybridized carbons (Fsp3) is 0.812. The van der Waals surface area contributed by atoms with Crippen molar-refractivity contribution in [3.05, 3.63) is 12.7 Å². The minimum atomic E-state index is -1.82. The molecule has 0 heterocycles. The van der Waals surface area contributed by atoms with E-state index in [1.165, 1.54) is 0 Å². The Hall–Kier alpha value is -0.813. The Bertz CT molecular complexity index is 354. The third kappa shape index (κ3) is 8.26. The standard InChI is InChI=1S/C16H33NO3Si/c1-10-11-13(17-14(18)20-15(2,3)4)12-19-21(8,9)16(5,6)7/h10,13H,1,11-12H2,2-9H3,(H,17,18)/t13-/m1/s1. The molecule has 0 aromatic carbocycles. The van der Waals surface area contributed by atoms with E-state index >= 15 is 0 Å². The molecular formula is C16H33NO3Si. The lowest BCUT2D eigenvalue weighted by Crippen LogP contribution is -2.47. The zero-order chi connectivity index (χ0) is 16.9. The van der Waals surface area contributed by atoms with Gasteiger partial charge in [0.15, 0.2) is 8.32 Å². The molecule has 0 fully saturated rings. The van der Waals surface area contributed by atoms with E-state index < -0.39 is 20.0 Å². The van der Waals surface area contributed by atoms with E-state index in [0.717, 1.165) is 0 Å². The summed E-state index contributed by atoms with van der Waals surface area (Å²) in [6.45, 7) is 20.8. The summed E-state index contributed by atoms with van der Waals surface area (Å²) < 4.78 is 11.4. The Kier molecular flexibility index (Phi) is 7.16. The zero-order valence-electron chi connectivity index (χ0n) is 15.0. The summed E-state index contributed by atoms with van der Waals surface area (Å²) in [5, 5.41) is 3.01. The van der Waals surface area contributed by atoms with E-state index in [-0.39, 0.29) is 11.1 Å². The predicted molar refractivity (Wildman–Crippen MR) is 91.1 cm³/mol. The van der Waals surface area contributed by atoms with Crippen LogP contribution in [0.1, 0.15) is 48.0 Å². The highest BCUT2D eigenvalue weighted by Gasteiger charge is 2.37. The van der Waals surface area contributed by atoms with E-state index in [9.17, 15) is 4.79 Å². The molecule has 0 unspecified atom stereocenters. The Morgan fingerprint density at radius 2 is 1.76 bits per heavy atom. The molecule has 0 aromatic rings. The van der Waals surface area contributed by atoms with Crippen molar-refractivity contribution in [3.8, 4) is 0 Å². The quantitative estimate of drug-likeness (QED) is 0.581. The van der Waals surface area contributed by atoms with Crippen LogP contribution in [0.15, 0.2) is 12.7 Å². The number of hydrogen-bond acceptors (Lipinski definition) is 3. The second-order valence-corrected chi connectivity index (χ2v) is 12.7. The smallest absolute Gasteiger partial charge is 0.407 e. The van der Waals surface area contributed by atoms with Crippen molar-refractivity contribution in [1.82, 2.24) is 5.32 Å². The van der Waals surface area contributed by atoms with Gasteiger partial charge in [-0.25, -0.2) is 4.79 Å². The minimum absolute atomic E-state index is 0.105. The normalized spacial score (nSPS) is 14.5. The van der Waals surface area contributed by atoms with E-state index in [0.29, 0.717) is 13.0 Å². The van der Waals surface area contributed by atoms with Crippen LogP contribution < -0.4 is 5.32 Å². The highest BCUT2D eigenvalue weighted by Crippen LogP contribution is 2.36. The van der Waals surface area contributed by atoms with Crippen LogP contribution in [0.4, 0.5) is 4.79 Å². The molecule has 0 saturated heterocycles. The van der Waals surface area contributed by atoms with Crippen molar-refractivity contribution >= 4 is 14.4 Å². The molecule has 0 aliphatic rings. The SMILES string of the molecule is C=CC[C@H](CO[Si](C)(C)C(C)(C)C)NC(=O)OC(C)(C)C. The van der Waals surface area contributed by atoms with Crippen LogP contribution in [0.3, 0.4) is 0 Å². The van der Waals surface area contributed by atoms with Crippen LogP contribution in [-0.2, 0) is 9.16 Å². The van der Waals surface area contributed by atoms with Crippen LogP contribution in [0.2, 0.25) is 18.1 Å². The van der Waals surface area contributed by atoms with Crippen LogP contribution >= 0.6 is 0 Å². The molecule has 4 nitrogen and oxygen atoms in total. The second kappa shape index (κ2) is 7.45. The molecule has 21 heavy (non-hydrogen) atoms. The molecule has 0 bridgehead atoms. The van der Waals surface area contributed by atoms with E-state index in [1.807, 2.05) is 20.8 Å². The van der Waals surface area contributed by atoms with Crippen molar-refractivity contribution in [1.29, 1.82) is 0 Å². The van der Waals surface area contributed by atoms with Gasteiger partial charge in [-0.15, -0.1) is 6.58 Å². The van der Waals surface area contributed by atoms with Gasteiger partial charge < -0.3 is 14.5 Å². The number of carbonyl (C=O) groups is 1. The first-order chi connectivity index (χ1) is 9.28. The monoisotopic (exact) mass is 315 g/mol. The first-order valence-electron chi connectivity index (χ1n) is 7.53.